The van der Waals surface area contributed by atoms with Crippen LogP contribution in [0.15, 0.2) is 23.6 Å². The van der Waals surface area contributed by atoms with Gasteiger partial charge in [-0.05, 0) is 18.2 Å². The molecule has 0 aliphatic heterocycles. The summed E-state index contributed by atoms with van der Waals surface area (Å²) in [4.78, 5) is 27.0. The highest BCUT2D eigenvalue weighted by molar-refractivity contribution is 7.14. The molecule has 0 bridgehead atoms. The highest BCUT2D eigenvalue weighted by atomic mass is 35.5. The van der Waals surface area contributed by atoms with Crippen molar-refractivity contribution in [2.24, 2.45) is 0 Å². The number of anilines is 1. The van der Waals surface area contributed by atoms with Crippen LogP contribution in [0.2, 0.25) is 5.02 Å². The first-order chi connectivity index (χ1) is 8.97. The molecule has 1 aromatic heterocycles. The van der Waals surface area contributed by atoms with Gasteiger partial charge in [0.2, 0.25) is 0 Å². The van der Waals surface area contributed by atoms with E-state index in [1.54, 1.807) is 5.38 Å². The van der Waals surface area contributed by atoms with Crippen molar-refractivity contribution in [1.82, 2.24) is 4.98 Å². The molecule has 19 heavy (non-hydrogen) atoms. The minimum atomic E-state index is -0.538. The molecule has 0 spiro atoms. The smallest absolute Gasteiger partial charge is 0.261 e. The second kappa shape index (κ2) is 5.38. The molecular formula is C12H9ClN2O3S. The second-order valence-corrected chi connectivity index (χ2v) is 5.00. The van der Waals surface area contributed by atoms with Crippen molar-refractivity contribution in [3.8, 4) is 5.75 Å². The third-order valence-corrected chi connectivity index (χ3v) is 3.28. The maximum absolute atomic E-state index is 11.9. The molecule has 2 rings (SSSR count). The molecule has 2 aromatic rings. The number of aromatic nitrogens is 1. The van der Waals surface area contributed by atoms with Gasteiger partial charge in [0.1, 0.15) is 11.4 Å². The zero-order chi connectivity index (χ0) is 14.0. The van der Waals surface area contributed by atoms with Crippen molar-refractivity contribution in [3.63, 3.8) is 0 Å². The number of rotatable bonds is 3. The summed E-state index contributed by atoms with van der Waals surface area (Å²) < 4.78 is 0. The van der Waals surface area contributed by atoms with Gasteiger partial charge < -0.3 is 5.11 Å². The number of phenolic OH excluding ortho intramolecular Hbond substituents is 1. The Hall–Kier alpha value is -1.92. The van der Waals surface area contributed by atoms with Crippen molar-refractivity contribution in [2.45, 2.75) is 6.92 Å². The van der Waals surface area contributed by atoms with Crippen molar-refractivity contribution in [2.75, 3.05) is 5.32 Å². The van der Waals surface area contributed by atoms with Gasteiger partial charge in [0.05, 0.1) is 5.56 Å². The predicted molar refractivity (Wildman–Crippen MR) is 73.2 cm³/mol. The first-order valence-corrected chi connectivity index (χ1v) is 6.49. The lowest BCUT2D eigenvalue weighted by molar-refractivity contribution is 0.100. The number of nitrogens with zero attached hydrogens (tertiary/aromatic N) is 1. The van der Waals surface area contributed by atoms with Crippen LogP contribution in [0, 0.1) is 0 Å². The van der Waals surface area contributed by atoms with E-state index in [-0.39, 0.29) is 27.9 Å². The Morgan fingerprint density at radius 2 is 2.16 bits per heavy atom. The lowest BCUT2D eigenvalue weighted by atomic mass is 10.2. The largest absolute Gasteiger partial charge is 0.507 e. The lowest BCUT2D eigenvalue weighted by Crippen LogP contribution is -2.12. The van der Waals surface area contributed by atoms with Crippen LogP contribution < -0.4 is 5.32 Å². The topological polar surface area (TPSA) is 79.3 Å². The van der Waals surface area contributed by atoms with Gasteiger partial charge in [-0.2, -0.15) is 0 Å². The standard InChI is InChI=1S/C12H9ClN2O3S/c1-6(16)9-5-19-12(14-9)15-11(18)8-4-7(13)2-3-10(8)17/h2-5,17H,1H3,(H,14,15,18). The number of carbonyl (C=O) groups is 2. The zero-order valence-corrected chi connectivity index (χ0v) is 11.4. The Labute approximate surface area is 117 Å². The number of benzene rings is 1. The predicted octanol–water partition coefficient (Wildman–Crippen LogP) is 2.96. The van der Waals surface area contributed by atoms with Gasteiger partial charge in [-0.15, -0.1) is 11.3 Å². The first kappa shape index (κ1) is 13.5. The fourth-order valence-corrected chi connectivity index (χ4v) is 2.26. The van der Waals surface area contributed by atoms with Crippen LogP contribution in [-0.4, -0.2) is 21.8 Å². The van der Waals surface area contributed by atoms with Crippen LogP contribution in [0.4, 0.5) is 5.13 Å². The Morgan fingerprint density at radius 1 is 1.42 bits per heavy atom. The van der Waals surface area contributed by atoms with Crippen molar-refractivity contribution in [1.29, 1.82) is 0 Å². The fraction of sp³-hybridized carbons (Fsp3) is 0.0833. The van der Waals surface area contributed by atoms with Crippen LogP contribution in [0.5, 0.6) is 5.75 Å². The molecule has 1 heterocycles. The average molecular weight is 297 g/mol. The molecule has 0 aliphatic rings. The number of nitrogens with one attached hydrogen (secondary N) is 1. The van der Waals surface area contributed by atoms with E-state index in [9.17, 15) is 14.7 Å². The van der Waals surface area contributed by atoms with Gasteiger partial charge in [0.25, 0.3) is 5.91 Å². The average Bonchev–Trinajstić information content (AvgIpc) is 2.80. The molecule has 0 saturated heterocycles. The number of ketones is 1. The normalized spacial score (nSPS) is 10.2. The molecule has 0 aliphatic carbocycles. The van der Waals surface area contributed by atoms with Crippen LogP contribution in [-0.2, 0) is 0 Å². The Morgan fingerprint density at radius 3 is 2.79 bits per heavy atom. The molecule has 0 radical (unpaired) electrons. The summed E-state index contributed by atoms with van der Waals surface area (Å²) >= 11 is 6.89. The van der Waals surface area contributed by atoms with Gasteiger partial charge >= 0.3 is 0 Å². The first-order valence-electron chi connectivity index (χ1n) is 5.23. The van der Waals surface area contributed by atoms with Gasteiger partial charge in [-0.3, -0.25) is 14.9 Å². The lowest BCUT2D eigenvalue weighted by Gasteiger charge is -2.04. The molecule has 1 aromatic carbocycles. The number of aromatic hydroxyl groups is 1. The molecular weight excluding hydrogens is 288 g/mol. The number of phenols is 1. The molecule has 98 valence electrons. The highest BCUT2D eigenvalue weighted by Crippen LogP contribution is 2.23. The Bertz CT molecular complexity index is 654. The van der Waals surface area contributed by atoms with E-state index < -0.39 is 5.91 Å². The van der Waals surface area contributed by atoms with Crippen LogP contribution >= 0.6 is 22.9 Å². The molecule has 1 amide bonds. The summed E-state index contributed by atoms with van der Waals surface area (Å²) in [5, 5.41) is 14.3. The van der Waals surface area contributed by atoms with E-state index in [1.807, 2.05) is 0 Å². The van der Waals surface area contributed by atoms with Crippen molar-refractivity contribution in [3.05, 3.63) is 39.9 Å². The van der Waals surface area contributed by atoms with Gasteiger partial charge in [-0.25, -0.2) is 4.98 Å². The number of amides is 1. The van der Waals surface area contributed by atoms with E-state index in [0.29, 0.717) is 5.02 Å². The van der Waals surface area contributed by atoms with E-state index in [0.717, 1.165) is 11.3 Å². The summed E-state index contributed by atoms with van der Waals surface area (Å²) in [6, 6.07) is 4.16. The summed E-state index contributed by atoms with van der Waals surface area (Å²) in [7, 11) is 0. The Kier molecular flexibility index (Phi) is 3.82. The monoisotopic (exact) mass is 296 g/mol. The molecule has 0 fully saturated rings. The van der Waals surface area contributed by atoms with E-state index in [2.05, 4.69) is 10.3 Å². The van der Waals surface area contributed by atoms with E-state index in [4.69, 9.17) is 11.6 Å². The van der Waals surface area contributed by atoms with Gasteiger partial charge in [0.15, 0.2) is 10.9 Å². The maximum Gasteiger partial charge on any atom is 0.261 e. The van der Waals surface area contributed by atoms with E-state index in [1.165, 1.54) is 25.1 Å². The molecule has 0 atom stereocenters. The Balaban J connectivity index is 2.20. The minimum Gasteiger partial charge on any atom is -0.507 e. The summed E-state index contributed by atoms with van der Waals surface area (Å²) in [6.45, 7) is 1.39. The molecule has 7 heteroatoms. The molecule has 2 N–H and O–H groups in total. The number of hydrogen-bond donors (Lipinski definition) is 2. The zero-order valence-electron chi connectivity index (χ0n) is 9.81. The quantitative estimate of drug-likeness (QED) is 0.854. The molecule has 0 unspecified atom stereocenters. The fourth-order valence-electron chi connectivity index (χ4n) is 1.35. The summed E-state index contributed by atoms with van der Waals surface area (Å²) in [6.07, 6.45) is 0. The molecule has 0 saturated carbocycles. The highest BCUT2D eigenvalue weighted by Gasteiger charge is 2.14. The summed E-state index contributed by atoms with van der Waals surface area (Å²) in [5.74, 6) is -0.892. The third kappa shape index (κ3) is 3.10. The molecule has 5 nitrogen and oxygen atoms in total. The van der Waals surface area contributed by atoms with Crippen molar-refractivity contribution >= 4 is 39.8 Å². The van der Waals surface area contributed by atoms with E-state index >= 15 is 0 Å². The number of hydrogen-bond acceptors (Lipinski definition) is 5. The second-order valence-electron chi connectivity index (χ2n) is 3.71. The minimum absolute atomic E-state index is 0.0482. The number of halogens is 1. The SMILES string of the molecule is CC(=O)c1csc(NC(=O)c2cc(Cl)ccc2O)n1. The number of thiazole rings is 1. The van der Waals surface area contributed by atoms with Gasteiger partial charge in [-0.1, -0.05) is 11.6 Å². The van der Waals surface area contributed by atoms with Gasteiger partial charge in [0, 0.05) is 17.3 Å². The number of carbonyl (C=O) groups excluding carboxylic acids is 2. The van der Waals surface area contributed by atoms with Crippen molar-refractivity contribution < 1.29 is 14.7 Å². The summed E-state index contributed by atoms with van der Waals surface area (Å²) in [5.41, 5.74) is 0.336. The van der Waals surface area contributed by atoms with Crippen LogP contribution in [0.1, 0.15) is 27.8 Å². The third-order valence-electron chi connectivity index (χ3n) is 2.29. The maximum atomic E-state index is 11.9. The number of Topliss-reactive ketones (excluding diaryl/α,β-unsaturated/α-hetero) is 1. The van der Waals surface area contributed by atoms with Crippen LogP contribution in [0.25, 0.3) is 0 Å². The van der Waals surface area contributed by atoms with Crippen LogP contribution in [0.3, 0.4) is 0 Å².